The van der Waals surface area contributed by atoms with E-state index in [-0.39, 0.29) is 18.2 Å². The number of nitrogens with zero attached hydrogens (tertiary/aromatic N) is 4. The summed E-state index contributed by atoms with van der Waals surface area (Å²) < 4.78 is 17.0. The normalized spacial score (nSPS) is 19.8. The topological polar surface area (TPSA) is 98.7 Å². The van der Waals surface area contributed by atoms with E-state index in [2.05, 4.69) is 23.3 Å². The molecule has 1 N–H and O–H groups in total. The molecule has 3 aromatic rings. The predicted molar refractivity (Wildman–Crippen MR) is 138 cm³/mol. The summed E-state index contributed by atoms with van der Waals surface area (Å²) in [6.45, 7) is 11.4. The summed E-state index contributed by atoms with van der Waals surface area (Å²) in [5.41, 5.74) is 3.20. The second-order valence-electron chi connectivity index (χ2n) is 10.4. The van der Waals surface area contributed by atoms with Crippen LogP contribution in [0.5, 0.6) is 11.6 Å². The van der Waals surface area contributed by atoms with E-state index in [1.807, 2.05) is 50.8 Å². The quantitative estimate of drug-likeness (QED) is 0.548. The van der Waals surface area contributed by atoms with Crippen LogP contribution in [0.25, 0.3) is 22.0 Å². The summed E-state index contributed by atoms with van der Waals surface area (Å²) in [7, 11) is 0. The summed E-state index contributed by atoms with van der Waals surface area (Å²) in [6.07, 6.45) is 3.08. The van der Waals surface area contributed by atoms with Gasteiger partial charge in [0.1, 0.15) is 18.8 Å². The molecule has 2 aliphatic rings. The van der Waals surface area contributed by atoms with Crippen LogP contribution in [0.15, 0.2) is 30.5 Å². The van der Waals surface area contributed by atoms with Crippen molar-refractivity contribution in [2.24, 2.45) is 0 Å². The van der Waals surface area contributed by atoms with Gasteiger partial charge in [0.2, 0.25) is 5.95 Å². The Bertz CT molecular complexity index is 1290. The molecule has 2 atom stereocenters. The molecule has 0 saturated carbocycles. The molecule has 5 rings (SSSR count). The van der Waals surface area contributed by atoms with Crippen molar-refractivity contribution in [1.82, 2.24) is 19.9 Å². The molecule has 190 valence electrons. The smallest absolute Gasteiger partial charge is 0.410 e. The number of rotatable bonds is 3. The molecule has 1 fully saturated rings. The van der Waals surface area contributed by atoms with Crippen LogP contribution in [0.2, 0.25) is 0 Å². The highest BCUT2D eigenvalue weighted by Gasteiger charge is 2.32. The van der Waals surface area contributed by atoms with E-state index < -0.39 is 5.60 Å². The molecule has 9 heteroatoms. The van der Waals surface area contributed by atoms with E-state index in [1.54, 1.807) is 6.20 Å². The minimum absolute atomic E-state index is 0.0627. The van der Waals surface area contributed by atoms with Gasteiger partial charge in [0, 0.05) is 35.8 Å². The second-order valence-corrected chi connectivity index (χ2v) is 10.4. The Hall–Kier alpha value is -3.62. The van der Waals surface area contributed by atoms with Gasteiger partial charge in [-0.05, 0) is 71.2 Å². The van der Waals surface area contributed by atoms with Gasteiger partial charge in [0.05, 0.1) is 11.2 Å². The first-order valence-electron chi connectivity index (χ1n) is 12.5. The van der Waals surface area contributed by atoms with Crippen molar-refractivity contribution in [2.45, 2.75) is 65.1 Å². The number of fused-ring (bicyclic) bond motifs is 2. The molecular weight excluding hydrogens is 458 g/mol. The van der Waals surface area contributed by atoms with Gasteiger partial charge >= 0.3 is 6.09 Å². The molecule has 1 amide bonds. The van der Waals surface area contributed by atoms with Crippen molar-refractivity contribution >= 4 is 22.9 Å². The van der Waals surface area contributed by atoms with Crippen molar-refractivity contribution < 1.29 is 19.0 Å². The lowest BCUT2D eigenvalue weighted by atomic mass is 9.99. The van der Waals surface area contributed by atoms with Crippen LogP contribution in [0, 0.1) is 6.92 Å². The fraction of sp³-hybridized carbons (Fsp3) is 0.481. The van der Waals surface area contributed by atoms with Crippen molar-refractivity contribution in [3.05, 3.63) is 36.2 Å². The molecular formula is C27H33N5O4. The zero-order valence-electron chi connectivity index (χ0n) is 21.5. The number of amides is 1. The van der Waals surface area contributed by atoms with Crippen LogP contribution >= 0.6 is 0 Å². The van der Waals surface area contributed by atoms with Gasteiger partial charge < -0.3 is 24.4 Å². The van der Waals surface area contributed by atoms with Gasteiger partial charge in [-0.1, -0.05) is 6.07 Å². The van der Waals surface area contributed by atoms with E-state index in [1.165, 1.54) is 0 Å². The number of aromatic nitrogens is 3. The predicted octanol–water partition coefficient (Wildman–Crippen LogP) is 4.97. The molecule has 0 aliphatic carbocycles. The first-order chi connectivity index (χ1) is 17.2. The monoisotopic (exact) mass is 491 g/mol. The molecule has 1 aromatic carbocycles. The van der Waals surface area contributed by atoms with Gasteiger partial charge in [-0.2, -0.15) is 0 Å². The molecule has 36 heavy (non-hydrogen) atoms. The third kappa shape index (κ3) is 5.01. The zero-order chi connectivity index (χ0) is 25.4. The van der Waals surface area contributed by atoms with E-state index >= 15 is 0 Å². The average Bonchev–Trinajstić information content (AvgIpc) is 2.82. The van der Waals surface area contributed by atoms with Crippen LogP contribution in [0.4, 0.5) is 10.7 Å². The van der Waals surface area contributed by atoms with E-state index in [9.17, 15) is 4.79 Å². The van der Waals surface area contributed by atoms with Gasteiger partial charge in [0.25, 0.3) is 5.88 Å². The third-order valence-electron chi connectivity index (χ3n) is 6.48. The fourth-order valence-electron chi connectivity index (χ4n) is 4.77. The molecule has 9 nitrogen and oxygen atoms in total. The number of piperidine rings is 1. The molecule has 0 unspecified atom stereocenters. The lowest BCUT2D eigenvalue weighted by Crippen LogP contribution is -2.49. The summed E-state index contributed by atoms with van der Waals surface area (Å²) in [4.78, 5) is 28.2. The zero-order valence-corrected chi connectivity index (χ0v) is 21.5. The number of ether oxygens (including phenoxy) is 3. The summed E-state index contributed by atoms with van der Waals surface area (Å²) in [6, 6.07) is 8.31. The number of aryl methyl sites for hydroxylation is 1. The number of likely N-dealkylation sites (tertiary alicyclic amines) is 1. The SMILES string of the molecule is Cc1nc(N[C@@H]2CCN(C(=O)OC(C)(C)C)[C@H](C)C2)nc2ccc(-c3ccnc4c3OCCO4)cc12. The van der Waals surface area contributed by atoms with Crippen LogP contribution in [-0.4, -0.2) is 63.4 Å². The van der Waals surface area contributed by atoms with Gasteiger partial charge in [-0.15, -0.1) is 0 Å². The second kappa shape index (κ2) is 9.44. The molecule has 2 aliphatic heterocycles. The van der Waals surface area contributed by atoms with Crippen LogP contribution in [0.1, 0.15) is 46.2 Å². The molecule has 2 aromatic heterocycles. The largest absolute Gasteiger partial charge is 0.484 e. The Morgan fingerprint density at radius 2 is 1.97 bits per heavy atom. The maximum atomic E-state index is 12.5. The van der Waals surface area contributed by atoms with Gasteiger partial charge in [0.15, 0.2) is 5.75 Å². The van der Waals surface area contributed by atoms with Crippen molar-refractivity contribution in [3.8, 4) is 22.8 Å². The number of hydrogen-bond acceptors (Lipinski definition) is 8. The minimum Gasteiger partial charge on any atom is -0.484 e. The Kier molecular flexibility index (Phi) is 6.32. The first-order valence-corrected chi connectivity index (χ1v) is 12.5. The molecule has 0 radical (unpaired) electrons. The summed E-state index contributed by atoms with van der Waals surface area (Å²) in [5.74, 6) is 1.80. The van der Waals surface area contributed by atoms with Crippen molar-refractivity contribution in [3.63, 3.8) is 0 Å². The van der Waals surface area contributed by atoms with Gasteiger partial charge in [-0.3, -0.25) is 0 Å². The average molecular weight is 492 g/mol. The highest BCUT2D eigenvalue weighted by atomic mass is 16.6. The van der Waals surface area contributed by atoms with E-state index in [4.69, 9.17) is 24.2 Å². The molecule has 0 bridgehead atoms. The fourth-order valence-corrected chi connectivity index (χ4v) is 4.77. The number of anilines is 1. The number of benzene rings is 1. The number of carbonyl (C=O) groups excluding carboxylic acids is 1. The Morgan fingerprint density at radius 3 is 2.75 bits per heavy atom. The highest BCUT2D eigenvalue weighted by Crippen LogP contribution is 2.39. The summed E-state index contributed by atoms with van der Waals surface area (Å²) in [5, 5.41) is 4.47. The highest BCUT2D eigenvalue weighted by molar-refractivity contribution is 5.88. The van der Waals surface area contributed by atoms with E-state index in [0.717, 1.165) is 40.6 Å². The van der Waals surface area contributed by atoms with Crippen LogP contribution < -0.4 is 14.8 Å². The Balaban J connectivity index is 1.32. The third-order valence-corrected chi connectivity index (χ3v) is 6.48. The molecule has 4 heterocycles. The molecule has 1 saturated heterocycles. The van der Waals surface area contributed by atoms with Crippen molar-refractivity contribution in [2.75, 3.05) is 25.1 Å². The lowest BCUT2D eigenvalue weighted by molar-refractivity contribution is 0.0112. The summed E-state index contributed by atoms with van der Waals surface area (Å²) >= 11 is 0. The maximum absolute atomic E-state index is 12.5. The number of hydrogen-bond donors (Lipinski definition) is 1. The maximum Gasteiger partial charge on any atom is 0.410 e. The molecule has 0 spiro atoms. The van der Waals surface area contributed by atoms with E-state index in [0.29, 0.717) is 37.3 Å². The standard InChI is InChI=1S/C27H33N5O4/c1-16-14-19(9-11-32(16)26(33)36-27(3,4)5)30-25-29-17(2)21-15-18(6-7-22(21)31-25)20-8-10-28-24-23(20)34-12-13-35-24/h6-8,10,15-16,19H,9,11-14H2,1-5H3,(H,29,30,31)/t16-,19-/m1/s1. The number of nitrogens with one attached hydrogen (secondary N) is 1. The first kappa shape index (κ1) is 24.1. The number of carbonyl (C=O) groups is 1. The van der Waals surface area contributed by atoms with Gasteiger partial charge in [-0.25, -0.2) is 19.7 Å². The lowest BCUT2D eigenvalue weighted by Gasteiger charge is -2.38. The number of pyridine rings is 1. The van der Waals surface area contributed by atoms with Crippen LogP contribution in [-0.2, 0) is 4.74 Å². The van der Waals surface area contributed by atoms with Crippen molar-refractivity contribution in [1.29, 1.82) is 0 Å². The Labute approximate surface area is 211 Å². The minimum atomic E-state index is -0.500. The van der Waals surface area contributed by atoms with Crippen LogP contribution in [0.3, 0.4) is 0 Å². The Morgan fingerprint density at radius 1 is 1.17 bits per heavy atom.